The lowest BCUT2D eigenvalue weighted by molar-refractivity contribution is -0.151. The van der Waals surface area contributed by atoms with Gasteiger partial charge in [0.15, 0.2) is 6.10 Å². The van der Waals surface area contributed by atoms with Crippen LogP contribution in [0, 0.1) is 0 Å². The molecule has 2 N–H and O–H groups in total. The molecule has 1 unspecified atom stereocenters. The Morgan fingerprint density at radius 2 is 1.89 bits per heavy atom. The molecule has 0 spiro atoms. The molecule has 5 nitrogen and oxygen atoms in total. The Morgan fingerprint density at radius 3 is 2.33 bits per heavy atom. The van der Waals surface area contributed by atoms with Crippen LogP contribution in [0.2, 0.25) is 0 Å². The smallest absolute Gasteiger partial charge is 0.337 e. The van der Waals surface area contributed by atoms with Crippen LogP contribution in [0.3, 0.4) is 0 Å². The molecule has 0 aliphatic carbocycles. The van der Waals surface area contributed by atoms with E-state index in [9.17, 15) is 4.79 Å². The van der Waals surface area contributed by atoms with Crippen LogP contribution in [0.1, 0.15) is 25.5 Å². The van der Waals surface area contributed by atoms with Crippen molar-refractivity contribution in [1.29, 1.82) is 0 Å². The molecule has 0 aliphatic heterocycles. The molecule has 1 aromatic rings. The van der Waals surface area contributed by atoms with E-state index in [0.29, 0.717) is 11.3 Å². The Hall–Kier alpha value is -1.59. The molecule has 18 heavy (non-hydrogen) atoms. The van der Waals surface area contributed by atoms with Gasteiger partial charge in [0.05, 0.1) is 19.3 Å². The molecule has 0 saturated carbocycles. The van der Waals surface area contributed by atoms with Crippen molar-refractivity contribution in [3.63, 3.8) is 0 Å². The summed E-state index contributed by atoms with van der Waals surface area (Å²) in [5.41, 5.74) is 0.520. The van der Waals surface area contributed by atoms with E-state index in [0.717, 1.165) is 0 Å². The summed E-state index contributed by atoms with van der Waals surface area (Å²) in [5, 5.41) is 17.7. The third kappa shape index (κ3) is 4.35. The number of aliphatic hydroxyl groups excluding tert-OH is 1. The number of hydrogen-bond donors (Lipinski definition) is 2. The summed E-state index contributed by atoms with van der Waals surface area (Å²) in [7, 11) is 0. The minimum atomic E-state index is -1.08. The third-order valence-corrected chi connectivity index (χ3v) is 2.15. The van der Waals surface area contributed by atoms with E-state index < -0.39 is 12.1 Å². The van der Waals surface area contributed by atoms with Gasteiger partial charge >= 0.3 is 5.97 Å². The van der Waals surface area contributed by atoms with Crippen molar-refractivity contribution in [1.82, 2.24) is 0 Å². The third-order valence-electron chi connectivity index (χ3n) is 2.15. The highest BCUT2D eigenvalue weighted by molar-refractivity contribution is 5.74. The van der Waals surface area contributed by atoms with Crippen molar-refractivity contribution in [2.45, 2.75) is 26.1 Å². The topological polar surface area (TPSA) is 76.0 Å². The molecule has 1 aromatic carbocycles. The predicted octanol–water partition coefficient (Wildman–Crippen LogP) is 1.61. The number of rotatable bonds is 7. The lowest BCUT2D eigenvalue weighted by atomic mass is 10.1. The van der Waals surface area contributed by atoms with E-state index in [1.165, 1.54) is 0 Å². The molecule has 100 valence electrons. The maximum Gasteiger partial charge on any atom is 0.337 e. The van der Waals surface area contributed by atoms with Crippen molar-refractivity contribution in [3.8, 4) is 5.75 Å². The lowest BCUT2D eigenvalue weighted by Crippen LogP contribution is -2.17. The van der Waals surface area contributed by atoms with Gasteiger partial charge < -0.3 is 19.7 Å². The Kier molecular flexibility index (Phi) is 5.61. The molecule has 0 amide bonds. The average Bonchev–Trinajstić information content (AvgIpc) is 2.30. The SMILES string of the molecule is CC(C)Oc1ccc(C(OCCO)C(=O)O)cc1. The van der Waals surface area contributed by atoms with Gasteiger partial charge in [0.2, 0.25) is 0 Å². The highest BCUT2D eigenvalue weighted by atomic mass is 16.5. The van der Waals surface area contributed by atoms with Gasteiger partial charge in [-0.3, -0.25) is 0 Å². The van der Waals surface area contributed by atoms with Crippen molar-refractivity contribution in [2.75, 3.05) is 13.2 Å². The first kappa shape index (κ1) is 14.5. The molecule has 0 radical (unpaired) electrons. The maximum absolute atomic E-state index is 11.0. The van der Waals surface area contributed by atoms with Crippen LogP contribution in [0.15, 0.2) is 24.3 Å². The van der Waals surface area contributed by atoms with E-state index in [2.05, 4.69) is 0 Å². The first-order chi connectivity index (χ1) is 8.54. The molecule has 0 saturated heterocycles. The Bertz CT molecular complexity index is 371. The van der Waals surface area contributed by atoms with Crippen LogP contribution in [0.25, 0.3) is 0 Å². The van der Waals surface area contributed by atoms with Crippen molar-refractivity contribution >= 4 is 5.97 Å². The first-order valence-electron chi connectivity index (χ1n) is 5.76. The Morgan fingerprint density at radius 1 is 1.28 bits per heavy atom. The number of ether oxygens (including phenoxy) is 2. The van der Waals surface area contributed by atoms with Crippen molar-refractivity contribution in [2.24, 2.45) is 0 Å². The fourth-order valence-electron chi connectivity index (χ4n) is 1.47. The summed E-state index contributed by atoms with van der Waals surface area (Å²) in [6.45, 7) is 3.61. The molecule has 1 rings (SSSR count). The fraction of sp³-hybridized carbons (Fsp3) is 0.462. The number of carbonyl (C=O) groups is 1. The van der Waals surface area contributed by atoms with Crippen LogP contribution >= 0.6 is 0 Å². The van der Waals surface area contributed by atoms with E-state index in [1.807, 2.05) is 13.8 Å². The van der Waals surface area contributed by atoms with Gasteiger partial charge in [-0.1, -0.05) is 12.1 Å². The molecule has 0 aromatic heterocycles. The number of aliphatic carboxylic acids is 1. The second kappa shape index (κ2) is 6.98. The minimum absolute atomic E-state index is 0.0127. The van der Waals surface area contributed by atoms with Crippen LogP contribution in [0.5, 0.6) is 5.75 Å². The molecule has 0 bridgehead atoms. The van der Waals surface area contributed by atoms with E-state index in [1.54, 1.807) is 24.3 Å². The summed E-state index contributed by atoms with van der Waals surface area (Å²) in [5.74, 6) is -0.402. The van der Waals surface area contributed by atoms with Crippen LogP contribution < -0.4 is 4.74 Å². The van der Waals surface area contributed by atoms with Gasteiger partial charge in [-0.15, -0.1) is 0 Å². The Labute approximate surface area is 106 Å². The first-order valence-corrected chi connectivity index (χ1v) is 5.76. The van der Waals surface area contributed by atoms with Crippen LogP contribution in [-0.4, -0.2) is 35.5 Å². The molecular formula is C13H18O5. The van der Waals surface area contributed by atoms with Crippen molar-refractivity contribution < 1.29 is 24.5 Å². The van der Waals surface area contributed by atoms with E-state index in [-0.39, 0.29) is 19.3 Å². The summed E-state index contributed by atoms with van der Waals surface area (Å²) < 4.78 is 10.5. The van der Waals surface area contributed by atoms with Gasteiger partial charge in [0.25, 0.3) is 0 Å². The van der Waals surface area contributed by atoms with Crippen molar-refractivity contribution in [3.05, 3.63) is 29.8 Å². The number of aliphatic hydroxyl groups is 1. The normalized spacial score (nSPS) is 12.4. The molecule has 0 aliphatic rings. The largest absolute Gasteiger partial charge is 0.491 e. The average molecular weight is 254 g/mol. The quantitative estimate of drug-likeness (QED) is 0.773. The number of carboxylic acids is 1. The van der Waals surface area contributed by atoms with Gasteiger partial charge in [0.1, 0.15) is 5.75 Å². The minimum Gasteiger partial charge on any atom is -0.491 e. The summed E-state index contributed by atoms with van der Waals surface area (Å²) in [4.78, 5) is 11.0. The zero-order chi connectivity index (χ0) is 13.5. The second-order valence-electron chi connectivity index (χ2n) is 4.05. The second-order valence-corrected chi connectivity index (χ2v) is 4.05. The van der Waals surface area contributed by atoms with Crippen LogP contribution in [0.4, 0.5) is 0 Å². The van der Waals surface area contributed by atoms with Gasteiger partial charge in [-0.2, -0.15) is 0 Å². The highest BCUT2D eigenvalue weighted by Crippen LogP contribution is 2.21. The molecule has 0 heterocycles. The van der Waals surface area contributed by atoms with Crippen LogP contribution in [-0.2, 0) is 9.53 Å². The van der Waals surface area contributed by atoms with Gasteiger partial charge in [-0.25, -0.2) is 4.79 Å². The van der Waals surface area contributed by atoms with E-state index >= 15 is 0 Å². The zero-order valence-electron chi connectivity index (χ0n) is 10.5. The molecule has 0 fully saturated rings. The summed E-state index contributed by atoms with van der Waals surface area (Å²) in [6.07, 6.45) is -0.998. The molecule has 1 atom stereocenters. The lowest BCUT2D eigenvalue weighted by Gasteiger charge is -2.14. The monoisotopic (exact) mass is 254 g/mol. The predicted molar refractivity (Wildman–Crippen MR) is 65.6 cm³/mol. The fourth-order valence-corrected chi connectivity index (χ4v) is 1.47. The highest BCUT2D eigenvalue weighted by Gasteiger charge is 2.20. The molecular weight excluding hydrogens is 236 g/mol. The maximum atomic E-state index is 11.0. The molecule has 5 heteroatoms. The van der Waals surface area contributed by atoms with Gasteiger partial charge in [-0.05, 0) is 31.5 Å². The number of carboxylic acid groups (broad SMARTS) is 1. The summed E-state index contributed by atoms with van der Waals surface area (Å²) >= 11 is 0. The number of hydrogen-bond acceptors (Lipinski definition) is 4. The number of benzene rings is 1. The standard InChI is InChI=1S/C13H18O5/c1-9(2)18-11-5-3-10(4-6-11)12(13(15)16)17-8-7-14/h3-6,9,12,14H,7-8H2,1-2H3,(H,15,16). The summed E-state index contributed by atoms with van der Waals surface area (Å²) in [6, 6.07) is 6.70. The van der Waals surface area contributed by atoms with Gasteiger partial charge in [0, 0.05) is 0 Å². The zero-order valence-corrected chi connectivity index (χ0v) is 10.5. The Balaban J connectivity index is 2.77. The van der Waals surface area contributed by atoms with E-state index in [4.69, 9.17) is 19.7 Å².